The predicted octanol–water partition coefficient (Wildman–Crippen LogP) is 1.08. The number of carbonyl (C=O) groups is 3. The van der Waals surface area contributed by atoms with Crippen molar-refractivity contribution in [3.05, 3.63) is 41.1 Å². The van der Waals surface area contributed by atoms with Crippen molar-refractivity contribution in [3.63, 3.8) is 0 Å². The summed E-state index contributed by atoms with van der Waals surface area (Å²) in [6, 6.07) is 4.18. The number of urea groups is 1. The topological polar surface area (TPSA) is 107 Å². The highest BCUT2D eigenvalue weighted by molar-refractivity contribution is 6.34. The van der Waals surface area contributed by atoms with Crippen molar-refractivity contribution in [1.29, 1.82) is 0 Å². The molecule has 0 radical (unpaired) electrons. The van der Waals surface area contributed by atoms with E-state index >= 15 is 0 Å². The van der Waals surface area contributed by atoms with Gasteiger partial charge in [0.25, 0.3) is 5.91 Å². The molecule has 0 aliphatic carbocycles. The quantitative estimate of drug-likeness (QED) is 0.573. The summed E-state index contributed by atoms with van der Waals surface area (Å²) in [4.78, 5) is 46.2. The van der Waals surface area contributed by atoms with Crippen molar-refractivity contribution in [2.45, 2.75) is 6.42 Å². The van der Waals surface area contributed by atoms with Crippen LogP contribution in [0.4, 0.5) is 10.5 Å². The van der Waals surface area contributed by atoms with Gasteiger partial charge in [0, 0.05) is 57.5 Å². The van der Waals surface area contributed by atoms with Crippen molar-refractivity contribution >= 4 is 40.8 Å². The fourth-order valence-corrected chi connectivity index (χ4v) is 4.01. The van der Waals surface area contributed by atoms with Gasteiger partial charge in [0.15, 0.2) is 0 Å². The molecule has 3 aliphatic heterocycles. The number of hydrogen-bond donors (Lipinski definition) is 2. The van der Waals surface area contributed by atoms with E-state index in [2.05, 4.69) is 20.5 Å². The van der Waals surface area contributed by atoms with Crippen molar-refractivity contribution in [2.24, 2.45) is 4.99 Å². The third-order valence-corrected chi connectivity index (χ3v) is 6.00. The number of rotatable bonds is 7. The molecule has 3 aliphatic rings. The zero-order valence-electron chi connectivity index (χ0n) is 18.3. The van der Waals surface area contributed by atoms with Crippen LogP contribution < -0.4 is 15.5 Å². The van der Waals surface area contributed by atoms with Gasteiger partial charge in [-0.15, -0.1) is 0 Å². The average molecular weight is 475 g/mol. The zero-order valence-corrected chi connectivity index (χ0v) is 19.0. The normalized spacial score (nSPS) is 19.5. The minimum atomic E-state index is -0.554. The molecule has 0 spiro atoms. The number of anilines is 1. The highest BCUT2D eigenvalue weighted by Crippen LogP contribution is 2.29. The summed E-state index contributed by atoms with van der Waals surface area (Å²) in [5, 5.41) is 5.91. The van der Waals surface area contributed by atoms with E-state index in [1.54, 1.807) is 30.5 Å². The third kappa shape index (κ3) is 5.97. The molecule has 0 saturated carbocycles. The van der Waals surface area contributed by atoms with Gasteiger partial charge >= 0.3 is 6.03 Å². The Morgan fingerprint density at radius 3 is 2.73 bits per heavy atom. The maximum atomic E-state index is 13.0. The van der Waals surface area contributed by atoms with E-state index in [1.165, 1.54) is 9.80 Å². The van der Waals surface area contributed by atoms with Gasteiger partial charge in [-0.3, -0.25) is 34.6 Å². The van der Waals surface area contributed by atoms with Crippen LogP contribution in [-0.2, 0) is 9.53 Å². The molecular weight excluding hydrogens is 448 g/mol. The Hall–Kier alpha value is -2.79. The number of nitrogens with zero attached hydrogens (tertiary/aromatic N) is 4. The smallest absolute Gasteiger partial charge is 0.328 e. The maximum absolute atomic E-state index is 13.0. The first kappa shape index (κ1) is 23.4. The zero-order chi connectivity index (χ0) is 23.2. The molecule has 33 heavy (non-hydrogen) atoms. The summed E-state index contributed by atoms with van der Waals surface area (Å²) >= 11 is 6.26. The first-order chi connectivity index (χ1) is 16.0. The number of benzene rings is 1. The molecular formula is C22H27ClN6O4. The minimum absolute atomic E-state index is 0.171. The van der Waals surface area contributed by atoms with E-state index in [0.717, 1.165) is 38.4 Å². The van der Waals surface area contributed by atoms with E-state index in [9.17, 15) is 14.4 Å². The van der Waals surface area contributed by atoms with E-state index in [4.69, 9.17) is 16.3 Å². The van der Waals surface area contributed by atoms with Crippen molar-refractivity contribution in [1.82, 2.24) is 20.4 Å². The molecule has 4 rings (SSSR count). The molecule has 0 unspecified atom stereocenters. The van der Waals surface area contributed by atoms with Crippen LogP contribution >= 0.6 is 11.6 Å². The van der Waals surface area contributed by atoms with E-state index in [0.29, 0.717) is 29.5 Å². The van der Waals surface area contributed by atoms with Crippen LogP contribution in [0.25, 0.3) is 0 Å². The fraction of sp³-hybridized carbons (Fsp3) is 0.455. The summed E-state index contributed by atoms with van der Waals surface area (Å²) in [7, 11) is 0. The molecule has 1 aromatic rings. The highest BCUT2D eigenvalue weighted by atomic mass is 35.5. The van der Waals surface area contributed by atoms with E-state index in [-0.39, 0.29) is 31.4 Å². The van der Waals surface area contributed by atoms with Gasteiger partial charge in [0.2, 0.25) is 5.91 Å². The van der Waals surface area contributed by atoms with Gasteiger partial charge in [-0.25, -0.2) is 4.79 Å². The molecule has 4 amide bonds. The monoisotopic (exact) mass is 474 g/mol. The number of ether oxygens (including phenoxy) is 1. The molecule has 3 heterocycles. The van der Waals surface area contributed by atoms with Crippen LogP contribution in [0, 0.1) is 0 Å². The first-order valence-electron chi connectivity index (χ1n) is 11.0. The third-order valence-electron chi connectivity index (χ3n) is 5.68. The van der Waals surface area contributed by atoms with Crippen LogP contribution in [0.3, 0.4) is 0 Å². The molecule has 2 N–H and O–H groups in total. The SMILES string of the molecule is O=C1CCN(c2cc(C(=O)N3C=CC(COCCN4CCNCC4)=NC3)ccc2Cl)C(=O)N1. The van der Waals surface area contributed by atoms with Crippen molar-refractivity contribution < 1.29 is 19.1 Å². The van der Waals surface area contributed by atoms with Gasteiger partial charge in [0.05, 0.1) is 29.6 Å². The van der Waals surface area contributed by atoms with E-state index in [1.807, 2.05) is 0 Å². The number of imide groups is 1. The molecule has 2 fully saturated rings. The summed E-state index contributed by atoms with van der Waals surface area (Å²) in [6.07, 6.45) is 3.63. The largest absolute Gasteiger partial charge is 0.374 e. The molecule has 176 valence electrons. The minimum Gasteiger partial charge on any atom is -0.374 e. The van der Waals surface area contributed by atoms with Crippen molar-refractivity contribution in [3.8, 4) is 0 Å². The lowest BCUT2D eigenvalue weighted by atomic mass is 10.1. The Morgan fingerprint density at radius 1 is 1.18 bits per heavy atom. The standard InChI is InChI=1S/C22H27ClN6O4/c23-18-2-1-16(13-19(18)29-8-4-20(30)26-22(29)32)21(31)28-7-3-17(25-15-28)14-33-12-11-27-9-5-24-6-10-27/h1-3,7,13,24H,4-6,8-12,14-15H2,(H,26,30,32). The van der Waals surface area contributed by atoms with Crippen LogP contribution in [-0.4, -0.2) is 92.5 Å². The maximum Gasteiger partial charge on any atom is 0.328 e. The Morgan fingerprint density at radius 2 is 2.00 bits per heavy atom. The first-order valence-corrected chi connectivity index (χ1v) is 11.3. The Balaban J connectivity index is 1.30. The van der Waals surface area contributed by atoms with E-state index < -0.39 is 6.03 Å². The lowest BCUT2D eigenvalue weighted by Gasteiger charge is -2.28. The van der Waals surface area contributed by atoms with Crippen molar-refractivity contribution in [2.75, 3.05) is 64.1 Å². The molecule has 0 bridgehead atoms. The number of carbonyl (C=O) groups excluding carboxylic acids is 3. The summed E-state index contributed by atoms with van der Waals surface area (Å²) in [5.41, 5.74) is 1.54. The van der Waals surface area contributed by atoms with Gasteiger partial charge < -0.3 is 10.1 Å². The lowest BCUT2D eigenvalue weighted by Crippen LogP contribution is -2.49. The van der Waals surface area contributed by atoms with Gasteiger partial charge in [-0.2, -0.15) is 0 Å². The van der Waals surface area contributed by atoms with Crippen LogP contribution in [0.5, 0.6) is 0 Å². The lowest BCUT2D eigenvalue weighted by molar-refractivity contribution is -0.120. The number of nitrogens with one attached hydrogen (secondary N) is 2. The second-order valence-electron chi connectivity index (χ2n) is 7.95. The summed E-state index contributed by atoms with van der Waals surface area (Å²) in [6.45, 7) is 6.42. The van der Waals surface area contributed by atoms with Gasteiger partial charge in [-0.1, -0.05) is 11.6 Å². The average Bonchev–Trinajstić information content (AvgIpc) is 2.83. The molecule has 0 aromatic heterocycles. The molecule has 10 nitrogen and oxygen atoms in total. The fourth-order valence-electron chi connectivity index (χ4n) is 3.79. The van der Waals surface area contributed by atoms with Gasteiger partial charge in [-0.05, 0) is 24.3 Å². The second kappa shape index (κ2) is 10.9. The molecule has 1 aromatic carbocycles. The summed E-state index contributed by atoms with van der Waals surface area (Å²) < 4.78 is 5.74. The number of amides is 4. The van der Waals surface area contributed by atoms with Gasteiger partial charge in [0.1, 0.15) is 6.67 Å². The number of piperazine rings is 1. The Labute approximate surface area is 197 Å². The van der Waals surface area contributed by atoms with Crippen LogP contribution in [0.15, 0.2) is 35.5 Å². The highest BCUT2D eigenvalue weighted by Gasteiger charge is 2.27. The molecule has 11 heteroatoms. The molecule has 2 saturated heterocycles. The summed E-state index contributed by atoms with van der Waals surface area (Å²) in [5.74, 6) is -0.598. The predicted molar refractivity (Wildman–Crippen MR) is 125 cm³/mol. The molecule has 0 atom stereocenters. The number of hydrogen-bond acceptors (Lipinski definition) is 7. The van der Waals surface area contributed by atoms with Crippen LogP contribution in [0.1, 0.15) is 16.8 Å². The number of halogens is 1. The van der Waals surface area contributed by atoms with Crippen LogP contribution in [0.2, 0.25) is 5.02 Å². The Kier molecular flexibility index (Phi) is 7.71. The second-order valence-corrected chi connectivity index (χ2v) is 8.35. The Bertz CT molecular complexity index is 976. The number of aliphatic imine (C=N–C) groups is 1.